The topological polar surface area (TPSA) is 15.3 Å². The molecule has 1 unspecified atom stereocenters. The van der Waals surface area contributed by atoms with E-state index in [1.807, 2.05) is 0 Å². The van der Waals surface area contributed by atoms with Gasteiger partial charge < -0.3 is 10.2 Å². The molecule has 1 aliphatic rings. The van der Waals surface area contributed by atoms with Gasteiger partial charge in [0.05, 0.1) is 5.69 Å². The van der Waals surface area contributed by atoms with Crippen molar-refractivity contribution in [3.05, 3.63) is 28.2 Å². The second kappa shape index (κ2) is 7.55. The number of nitrogens with one attached hydrogen (secondary N) is 1. The first kappa shape index (κ1) is 15.2. The van der Waals surface area contributed by atoms with Crippen LogP contribution in [0.25, 0.3) is 0 Å². The molecule has 1 saturated heterocycles. The number of hydrogen-bond donors (Lipinski definition) is 1. The van der Waals surface area contributed by atoms with Gasteiger partial charge in [0.15, 0.2) is 0 Å². The number of halogens is 1. The highest BCUT2D eigenvalue weighted by Gasteiger charge is 2.18. The van der Waals surface area contributed by atoms with Crippen LogP contribution in [-0.4, -0.2) is 30.6 Å². The molecule has 106 valence electrons. The molecule has 1 aliphatic heterocycles. The van der Waals surface area contributed by atoms with E-state index in [0.29, 0.717) is 0 Å². The highest BCUT2D eigenvalue weighted by Crippen LogP contribution is 2.31. The molecule has 0 aliphatic carbocycles. The Morgan fingerprint density at radius 1 is 1.47 bits per heavy atom. The van der Waals surface area contributed by atoms with Crippen molar-refractivity contribution in [3.63, 3.8) is 0 Å². The van der Waals surface area contributed by atoms with Crippen LogP contribution in [0.4, 0.5) is 5.69 Å². The molecule has 0 amide bonds. The molecule has 2 nitrogen and oxygen atoms in total. The summed E-state index contributed by atoms with van der Waals surface area (Å²) in [5, 5.41) is 4.18. The molecule has 1 aromatic rings. The minimum Gasteiger partial charge on any atom is -0.369 e. The van der Waals surface area contributed by atoms with Crippen LogP contribution in [0.1, 0.15) is 25.8 Å². The van der Waals surface area contributed by atoms with Gasteiger partial charge >= 0.3 is 0 Å². The van der Waals surface area contributed by atoms with Crippen molar-refractivity contribution in [3.8, 4) is 0 Å². The quantitative estimate of drug-likeness (QED) is 0.817. The summed E-state index contributed by atoms with van der Waals surface area (Å²) in [5.74, 6) is 1.23. The van der Waals surface area contributed by atoms with Crippen LogP contribution in [0.3, 0.4) is 0 Å². The molecule has 1 fully saturated rings. The maximum absolute atomic E-state index is 3.74. The number of rotatable bonds is 5. The summed E-state index contributed by atoms with van der Waals surface area (Å²) in [6, 6.07) is 6.76. The molecule has 1 N–H and O–H groups in total. The lowest BCUT2D eigenvalue weighted by Crippen LogP contribution is -2.36. The lowest BCUT2D eigenvalue weighted by atomic mass is 10.2. The van der Waals surface area contributed by atoms with E-state index in [-0.39, 0.29) is 0 Å². The highest BCUT2D eigenvalue weighted by molar-refractivity contribution is 9.10. The van der Waals surface area contributed by atoms with Crippen molar-refractivity contribution in [2.45, 2.75) is 32.1 Å². The summed E-state index contributed by atoms with van der Waals surface area (Å²) in [7, 11) is 0. The summed E-state index contributed by atoms with van der Waals surface area (Å²) in [5.41, 5.74) is 2.69. The van der Waals surface area contributed by atoms with Gasteiger partial charge in [0.2, 0.25) is 0 Å². The van der Waals surface area contributed by atoms with Crippen LogP contribution in [0.15, 0.2) is 22.7 Å². The fourth-order valence-corrected chi connectivity index (χ4v) is 4.05. The Morgan fingerprint density at radius 3 is 3.00 bits per heavy atom. The van der Waals surface area contributed by atoms with Crippen LogP contribution in [0.2, 0.25) is 0 Å². The van der Waals surface area contributed by atoms with Crippen LogP contribution < -0.4 is 10.2 Å². The zero-order valence-corrected chi connectivity index (χ0v) is 14.2. The SMILES string of the molecule is CCCNCc1ccc(N2CCSC(C)C2)c(Br)c1. The molecule has 0 spiro atoms. The largest absolute Gasteiger partial charge is 0.369 e. The second-order valence-corrected chi connectivity index (χ2v) is 7.49. The first-order valence-electron chi connectivity index (χ1n) is 7.06. The van der Waals surface area contributed by atoms with E-state index < -0.39 is 0 Å². The zero-order valence-electron chi connectivity index (χ0n) is 11.8. The van der Waals surface area contributed by atoms with E-state index >= 15 is 0 Å². The number of benzene rings is 1. The lowest BCUT2D eigenvalue weighted by Gasteiger charge is -2.33. The van der Waals surface area contributed by atoms with E-state index in [1.165, 1.54) is 27.9 Å². The Balaban J connectivity index is 2.02. The van der Waals surface area contributed by atoms with Crippen molar-refractivity contribution in [1.82, 2.24) is 5.32 Å². The van der Waals surface area contributed by atoms with Gasteiger partial charge in [0, 0.05) is 35.1 Å². The van der Waals surface area contributed by atoms with Gasteiger partial charge in [-0.05, 0) is 46.6 Å². The monoisotopic (exact) mass is 342 g/mol. The van der Waals surface area contributed by atoms with Crippen molar-refractivity contribution in [2.75, 3.05) is 30.3 Å². The Kier molecular flexibility index (Phi) is 6.05. The summed E-state index contributed by atoms with van der Waals surface area (Å²) < 4.78 is 1.22. The Morgan fingerprint density at radius 2 is 2.32 bits per heavy atom. The molecule has 0 saturated carbocycles. The minimum absolute atomic E-state index is 0.728. The molecule has 1 atom stereocenters. The molecular weight excluding hydrogens is 320 g/mol. The van der Waals surface area contributed by atoms with Gasteiger partial charge in [-0.3, -0.25) is 0 Å². The fourth-order valence-electron chi connectivity index (χ4n) is 2.36. The van der Waals surface area contributed by atoms with Gasteiger partial charge in [-0.2, -0.15) is 11.8 Å². The maximum Gasteiger partial charge on any atom is 0.0511 e. The van der Waals surface area contributed by atoms with Gasteiger partial charge in [0.1, 0.15) is 0 Å². The first-order chi connectivity index (χ1) is 9.20. The Labute approximate surface area is 129 Å². The van der Waals surface area contributed by atoms with E-state index in [4.69, 9.17) is 0 Å². The maximum atomic E-state index is 3.74. The van der Waals surface area contributed by atoms with E-state index in [0.717, 1.165) is 31.4 Å². The summed E-state index contributed by atoms with van der Waals surface area (Å²) in [4.78, 5) is 2.49. The van der Waals surface area contributed by atoms with Crippen LogP contribution in [-0.2, 0) is 6.54 Å². The Hall–Kier alpha value is -0.190. The van der Waals surface area contributed by atoms with Gasteiger partial charge in [-0.25, -0.2) is 0 Å². The number of nitrogens with zero attached hydrogens (tertiary/aromatic N) is 1. The van der Waals surface area contributed by atoms with E-state index in [9.17, 15) is 0 Å². The van der Waals surface area contributed by atoms with Crippen molar-refractivity contribution >= 4 is 33.4 Å². The molecule has 2 rings (SSSR count). The lowest BCUT2D eigenvalue weighted by molar-refractivity contribution is 0.675. The standard InChI is InChI=1S/C15H23BrN2S/c1-3-6-17-10-13-4-5-15(14(16)9-13)18-7-8-19-12(2)11-18/h4-5,9,12,17H,3,6-8,10-11H2,1-2H3. The fraction of sp³-hybridized carbons (Fsp3) is 0.600. The molecule has 19 heavy (non-hydrogen) atoms. The number of thioether (sulfide) groups is 1. The molecule has 4 heteroatoms. The number of anilines is 1. The van der Waals surface area contributed by atoms with Gasteiger partial charge in [-0.1, -0.05) is 19.9 Å². The van der Waals surface area contributed by atoms with Crippen molar-refractivity contribution < 1.29 is 0 Å². The summed E-state index contributed by atoms with van der Waals surface area (Å²) in [6.07, 6.45) is 1.18. The molecule has 0 bridgehead atoms. The van der Waals surface area contributed by atoms with Crippen LogP contribution >= 0.6 is 27.7 Å². The first-order valence-corrected chi connectivity index (χ1v) is 8.90. The van der Waals surface area contributed by atoms with Crippen LogP contribution in [0, 0.1) is 0 Å². The smallest absolute Gasteiger partial charge is 0.0511 e. The van der Waals surface area contributed by atoms with Crippen molar-refractivity contribution in [2.24, 2.45) is 0 Å². The van der Waals surface area contributed by atoms with Gasteiger partial charge in [-0.15, -0.1) is 0 Å². The molecular formula is C15H23BrN2S. The minimum atomic E-state index is 0.728. The predicted octanol–water partition coefficient (Wildman–Crippen LogP) is 3.89. The molecule has 0 radical (unpaired) electrons. The van der Waals surface area contributed by atoms with Gasteiger partial charge in [0.25, 0.3) is 0 Å². The normalized spacial score (nSPS) is 19.7. The summed E-state index contributed by atoms with van der Waals surface area (Å²) in [6.45, 7) is 8.85. The predicted molar refractivity (Wildman–Crippen MR) is 90.3 cm³/mol. The average Bonchev–Trinajstić information content (AvgIpc) is 2.39. The second-order valence-electron chi connectivity index (χ2n) is 5.09. The third-order valence-corrected chi connectivity index (χ3v) is 5.12. The zero-order chi connectivity index (χ0) is 13.7. The van der Waals surface area contributed by atoms with Crippen molar-refractivity contribution in [1.29, 1.82) is 0 Å². The molecule has 0 aromatic heterocycles. The third-order valence-electron chi connectivity index (χ3n) is 3.35. The number of hydrogen-bond acceptors (Lipinski definition) is 3. The van der Waals surface area contributed by atoms with E-state index in [1.54, 1.807) is 0 Å². The highest BCUT2D eigenvalue weighted by atomic mass is 79.9. The Bertz CT molecular complexity index is 411. The molecule has 1 heterocycles. The average molecular weight is 343 g/mol. The molecule has 1 aromatic carbocycles. The van der Waals surface area contributed by atoms with Crippen LogP contribution in [0.5, 0.6) is 0 Å². The van der Waals surface area contributed by atoms with E-state index in [2.05, 4.69) is 70.0 Å². The summed E-state index contributed by atoms with van der Waals surface area (Å²) >= 11 is 5.81. The third kappa shape index (κ3) is 4.40.